The van der Waals surface area contributed by atoms with Crippen LogP contribution < -0.4 is 10.6 Å². The van der Waals surface area contributed by atoms with E-state index in [9.17, 15) is 14.9 Å². The summed E-state index contributed by atoms with van der Waals surface area (Å²) in [5.74, 6) is 1.40. The Morgan fingerprint density at radius 2 is 2.09 bits per heavy atom. The van der Waals surface area contributed by atoms with Gasteiger partial charge in [0.15, 0.2) is 12.2 Å². The molecule has 1 aliphatic carbocycles. The number of carbonyl (C=O) groups is 2. The van der Waals surface area contributed by atoms with Crippen LogP contribution in [-0.4, -0.2) is 50.4 Å². The van der Waals surface area contributed by atoms with Gasteiger partial charge in [0.1, 0.15) is 11.6 Å². The molecule has 0 spiro atoms. The first-order valence-electron chi connectivity index (χ1n) is 14.8. The third-order valence-electron chi connectivity index (χ3n) is 7.88. The van der Waals surface area contributed by atoms with Gasteiger partial charge in [-0.1, -0.05) is 26.0 Å². The lowest BCUT2D eigenvalue weighted by atomic mass is 10.1. The fourth-order valence-electron chi connectivity index (χ4n) is 5.55. The average Bonchev–Trinajstić information content (AvgIpc) is 3.44. The van der Waals surface area contributed by atoms with Crippen LogP contribution >= 0.6 is 11.3 Å². The molecular weight excluding hydrogens is 562 g/mol. The lowest BCUT2D eigenvalue weighted by Gasteiger charge is -2.26. The molecule has 11 heteroatoms. The number of nitrogens with zero attached hydrogens (tertiary/aromatic N) is 5. The van der Waals surface area contributed by atoms with E-state index in [1.165, 1.54) is 30.6 Å². The van der Waals surface area contributed by atoms with Crippen molar-refractivity contribution in [2.24, 2.45) is 11.8 Å². The molecule has 1 aromatic carbocycles. The molecule has 1 aliphatic heterocycles. The molecule has 0 radical (unpaired) electrons. The summed E-state index contributed by atoms with van der Waals surface area (Å²) in [6.45, 7) is 6.72. The van der Waals surface area contributed by atoms with E-state index in [-0.39, 0.29) is 29.3 Å². The van der Waals surface area contributed by atoms with Crippen LogP contribution in [0.25, 0.3) is 21.7 Å². The smallest absolute Gasteiger partial charge is 0.268 e. The molecule has 4 aromatic rings. The van der Waals surface area contributed by atoms with Crippen molar-refractivity contribution in [2.45, 2.75) is 58.7 Å². The summed E-state index contributed by atoms with van der Waals surface area (Å²) in [4.78, 5) is 38.8. The number of nitriles is 1. The number of allylic oxidation sites excluding steroid dienone is 1. The Hall–Kier alpha value is -4.27. The second-order valence-electron chi connectivity index (χ2n) is 11.7. The van der Waals surface area contributed by atoms with Crippen LogP contribution in [0.3, 0.4) is 0 Å². The number of hydrogen-bond acceptors (Lipinski definition) is 8. The molecule has 0 unspecified atom stereocenters. The van der Waals surface area contributed by atoms with Crippen molar-refractivity contribution in [1.29, 1.82) is 5.26 Å². The van der Waals surface area contributed by atoms with Crippen molar-refractivity contribution >= 4 is 40.1 Å². The molecule has 2 N–H and O–H groups in total. The Morgan fingerprint density at radius 3 is 2.84 bits per heavy atom. The maximum absolute atomic E-state index is 13.4. The third kappa shape index (κ3) is 6.55. The highest BCUT2D eigenvalue weighted by Crippen LogP contribution is 2.31. The number of aromatic nitrogens is 3. The highest BCUT2D eigenvalue weighted by Gasteiger charge is 2.32. The molecule has 3 aromatic heterocycles. The number of imidazole rings is 1. The van der Waals surface area contributed by atoms with Crippen LogP contribution in [0.1, 0.15) is 54.8 Å². The van der Waals surface area contributed by atoms with E-state index in [4.69, 9.17) is 9.40 Å². The fourth-order valence-corrected chi connectivity index (χ4v) is 6.40. The van der Waals surface area contributed by atoms with Crippen molar-refractivity contribution in [3.05, 3.63) is 65.0 Å². The van der Waals surface area contributed by atoms with Crippen LogP contribution in [0.2, 0.25) is 0 Å². The van der Waals surface area contributed by atoms with Crippen molar-refractivity contribution in [1.82, 2.24) is 24.8 Å². The van der Waals surface area contributed by atoms with Crippen molar-refractivity contribution in [3.8, 4) is 16.7 Å². The van der Waals surface area contributed by atoms with Gasteiger partial charge in [-0.25, -0.2) is 9.97 Å². The summed E-state index contributed by atoms with van der Waals surface area (Å²) in [5.41, 5.74) is 2.96. The first kappa shape index (κ1) is 28.8. The van der Waals surface area contributed by atoms with Gasteiger partial charge in [0.25, 0.3) is 11.8 Å². The van der Waals surface area contributed by atoms with E-state index in [2.05, 4.69) is 33.8 Å². The number of nitrogens with one attached hydrogen (secondary N) is 2. The first-order chi connectivity index (χ1) is 20.9. The molecular formula is C32H35N7O3S. The van der Waals surface area contributed by atoms with E-state index in [1.807, 2.05) is 30.5 Å². The largest absolute Gasteiger partial charge is 0.443 e. The second kappa shape index (κ2) is 12.5. The quantitative estimate of drug-likeness (QED) is 0.170. The molecule has 1 saturated heterocycles. The predicted octanol–water partition coefficient (Wildman–Crippen LogP) is 5.60. The van der Waals surface area contributed by atoms with Gasteiger partial charge in [0.05, 0.1) is 33.0 Å². The predicted molar refractivity (Wildman–Crippen MR) is 165 cm³/mol. The molecule has 1 saturated carbocycles. The standard InChI is InChI=1S/C32H35N7O3S/c1-20(2)12-23(14-33)31(41)38-11-3-4-24(38)18-39-26-8-7-22(16-34-15-21-5-6-21)13-25(26)36-32(39)37-30(40)29-10-9-28(43-29)27-17-35-19-42-27/h7-10,12-13,17,19-21,24,34H,3-6,11,15-16,18H2,1-2H3,(H,36,37,40)/b23-12+/t24-/m1/s1. The topological polar surface area (TPSA) is 129 Å². The number of benzene rings is 1. The minimum atomic E-state index is -0.273. The third-order valence-corrected chi connectivity index (χ3v) is 8.98. The van der Waals surface area contributed by atoms with Gasteiger partial charge in [-0.05, 0) is 73.9 Å². The van der Waals surface area contributed by atoms with Gasteiger partial charge >= 0.3 is 0 Å². The van der Waals surface area contributed by atoms with Gasteiger partial charge in [-0.3, -0.25) is 14.9 Å². The fraction of sp³-hybridized carbons (Fsp3) is 0.406. The van der Waals surface area contributed by atoms with Gasteiger partial charge < -0.3 is 19.2 Å². The number of fused-ring (bicyclic) bond motifs is 1. The Kier molecular flexibility index (Phi) is 8.40. The Bertz CT molecular complexity index is 1690. The number of oxazole rings is 1. The van der Waals surface area contributed by atoms with E-state index in [0.717, 1.165) is 53.3 Å². The molecule has 1 atom stereocenters. The summed E-state index contributed by atoms with van der Waals surface area (Å²) in [5, 5.41) is 16.2. The summed E-state index contributed by atoms with van der Waals surface area (Å²) in [6, 6.07) is 11.8. The monoisotopic (exact) mass is 597 g/mol. The number of hydrogen-bond donors (Lipinski definition) is 2. The first-order valence-corrected chi connectivity index (χ1v) is 15.6. The molecule has 0 bridgehead atoms. The zero-order valence-corrected chi connectivity index (χ0v) is 25.2. The number of likely N-dealkylation sites (tertiary alicyclic amines) is 1. The highest BCUT2D eigenvalue weighted by molar-refractivity contribution is 7.17. The minimum Gasteiger partial charge on any atom is -0.443 e. The van der Waals surface area contributed by atoms with Crippen molar-refractivity contribution in [2.75, 3.05) is 18.4 Å². The number of amides is 2. The van der Waals surface area contributed by atoms with Crippen LogP contribution in [-0.2, 0) is 17.9 Å². The lowest BCUT2D eigenvalue weighted by Crippen LogP contribution is -2.39. The van der Waals surface area contributed by atoms with Crippen LogP contribution in [0.5, 0.6) is 0 Å². The van der Waals surface area contributed by atoms with E-state index in [1.54, 1.807) is 23.2 Å². The van der Waals surface area contributed by atoms with Crippen molar-refractivity contribution < 1.29 is 14.0 Å². The van der Waals surface area contributed by atoms with E-state index in [0.29, 0.717) is 29.7 Å². The number of rotatable bonds is 11. The van der Waals surface area contributed by atoms with E-state index < -0.39 is 0 Å². The summed E-state index contributed by atoms with van der Waals surface area (Å²) < 4.78 is 7.38. The SMILES string of the molecule is CC(C)/C=C(\C#N)C(=O)N1CCC[C@@H]1Cn1c(NC(=O)c2ccc(-c3cnco3)s2)nc2cc(CNCC3CC3)ccc21. The summed E-state index contributed by atoms with van der Waals surface area (Å²) >= 11 is 1.32. The highest BCUT2D eigenvalue weighted by atomic mass is 32.1. The Labute approximate surface area is 254 Å². The molecule has 222 valence electrons. The molecule has 2 aliphatic rings. The molecule has 43 heavy (non-hydrogen) atoms. The van der Waals surface area contributed by atoms with Gasteiger partial charge in [-0.2, -0.15) is 5.26 Å². The maximum Gasteiger partial charge on any atom is 0.268 e. The molecule has 10 nitrogen and oxygen atoms in total. The maximum atomic E-state index is 13.4. The Morgan fingerprint density at radius 1 is 1.23 bits per heavy atom. The number of anilines is 1. The van der Waals surface area contributed by atoms with Gasteiger partial charge in [0, 0.05) is 19.6 Å². The zero-order chi connectivity index (χ0) is 29.9. The zero-order valence-electron chi connectivity index (χ0n) is 24.4. The number of carbonyl (C=O) groups excluding carboxylic acids is 2. The molecule has 2 amide bonds. The van der Waals surface area contributed by atoms with E-state index >= 15 is 0 Å². The van der Waals surface area contributed by atoms with Gasteiger partial charge in [-0.15, -0.1) is 11.3 Å². The van der Waals surface area contributed by atoms with Crippen molar-refractivity contribution in [3.63, 3.8) is 0 Å². The molecule has 6 rings (SSSR count). The van der Waals surface area contributed by atoms with Crippen LogP contribution in [0, 0.1) is 23.2 Å². The lowest BCUT2D eigenvalue weighted by molar-refractivity contribution is -0.127. The van der Waals surface area contributed by atoms with Crippen LogP contribution in [0.4, 0.5) is 5.95 Å². The summed E-state index contributed by atoms with van der Waals surface area (Å²) in [7, 11) is 0. The minimum absolute atomic E-state index is 0.0915. The average molecular weight is 598 g/mol. The molecule has 2 fully saturated rings. The second-order valence-corrected chi connectivity index (χ2v) is 12.7. The molecule has 4 heterocycles. The number of thiophene rings is 1. The summed E-state index contributed by atoms with van der Waals surface area (Å²) in [6.07, 6.45) is 8.95. The normalized spacial score (nSPS) is 17.1. The van der Waals surface area contributed by atoms with Crippen LogP contribution in [0.15, 0.2) is 59.0 Å². The van der Waals surface area contributed by atoms with Gasteiger partial charge in [0.2, 0.25) is 5.95 Å². The Balaban J connectivity index is 1.28.